The maximum atomic E-state index is 12.5. The number of hydrogen-bond acceptors (Lipinski definition) is 3. The van der Waals surface area contributed by atoms with Crippen LogP contribution in [0.25, 0.3) is 0 Å². The van der Waals surface area contributed by atoms with E-state index < -0.39 is 0 Å². The number of rotatable bonds is 5. The zero-order valence-corrected chi connectivity index (χ0v) is 14.1. The summed E-state index contributed by atoms with van der Waals surface area (Å²) in [6, 6.07) is 7.68. The topological polar surface area (TPSA) is 41.6 Å². The Kier molecular flexibility index (Phi) is 5.83. The van der Waals surface area contributed by atoms with E-state index in [-0.39, 0.29) is 18.0 Å². The van der Waals surface area contributed by atoms with E-state index in [1.54, 1.807) is 7.11 Å². The van der Waals surface area contributed by atoms with Gasteiger partial charge in [-0.25, -0.2) is 0 Å². The molecule has 1 aliphatic rings. The Labute approximate surface area is 133 Å². The van der Waals surface area contributed by atoms with Gasteiger partial charge in [0.1, 0.15) is 5.75 Å². The summed E-state index contributed by atoms with van der Waals surface area (Å²) in [5.41, 5.74) is 1.01. The number of carbonyl (C=O) groups is 1. The van der Waals surface area contributed by atoms with Crippen molar-refractivity contribution in [3.05, 3.63) is 29.8 Å². The fourth-order valence-electron chi connectivity index (χ4n) is 3.18. The molecule has 2 rings (SSSR count). The molecule has 3 atom stereocenters. The number of benzene rings is 1. The van der Waals surface area contributed by atoms with Gasteiger partial charge in [-0.05, 0) is 45.2 Å². The van der Waals surface area contributed by atoms with Crippen LogP contribution in [0.2, 0.25) is 0 Å². The molecule has 1 N–H and O–H groups in total. The highest BCUT2D eigenvalue weighted by molar-refractivity contribution is 5.81. The van der Waals surface area contributed by atoms with Crippen molar-refractivity contribution in [1.82, 2.24) is 10.2 Å². The molecule has 0 radical (unpaired) electrons. The summed E-state index contributed by atoms with van der Waals surface area (Å²) in [6.45, 7) is 8.29. The molecule has 0 aliphatic carbocycles. The molecule has 0 aromatic heterocycles. The van der Waals surface area contributed by atoms with Gasteiger partial charge in [-0.3, -0.25) is 9.69 Å². The molecule has 0 bridgehead atoms. The number of methoxy groups -OCH3 is 1. The second-order valence-corrected chi connectivity index (χ2v) is 6.39. The molecule has 0 saturated carbocycles. The number of nitrogens with one attached hydrogen (secondary N) is 1. The number of para-hydroxylation sites is 1. The third kappa shape index (κ3) is 4.01. The van der Waals surface area contributed by atoms with E-state index in [4.69, 9.17) is 4.74 Å². The third-order valence-corrected chi connectivity index (χ3v) is 4.58. The minimum Gasteiger partial charge on any atom is -0.496 e. The minimum absolute atomic E-state index is 0.0617. The lowest BCUT2D eigenvalue weighted by atomic mass is 9.98. The predicted molar refractivity (Wildman–Crippen MR) is 89.0 cm³/mol. The van der Waals surface area contributed by atoms with E-state index in [1.165, 1.54) is 12.8 Å². The molecule has 1 aliphatic heterocycles. The van der Waals surface area contributed by atoms with Gasteiger partial charge in [0.25, 0.3) is 0 Å². The van der Waals surface area contributed by atoms with Crippen LogP contribution in [0, 0.1) is 5.92 Å². The van der Waals surface area contributed by atoms with Crippen molar-refractivity contribution in [2.24, 2.45) is 5.92 Å². The average molecular weight is 304 g/mol. The van der Waals surface area contributed by atoms with Gasteiger partial charge >= 0.3 is 0 Å². The van der Waals surface area contributed by atoms with Gasteiger partial charge in [-0.1, -0.05) is 25.1 Å². The summed E-state index contributed by atoms with van der Waals surface area (Å²) in [4.78, 5) is 14.8. The second-order valence-electron chi connectivity index (χ2n) is 6.39. The molecule has 4 nitrogen and oxygen atoms in total. The van der Waals surface area contributed by atoms with Gasteiger partial charge in [-0.2, -0.15) is 0 Å². The number of hydrogen-bond donors (Lipinski definition) is 1. The lowest BCUT2D eigenvalue weighted by Gasteiger charge is -2.35. The van der Waals surface area contributed by atoms with Crippen molar-refractivity contribution in [3.63, 3.8) is 0 Å². The van der Waals surface area contributed by atoms with Crippen LogP contribution in [0.5, 0.6) is 5.75 Å². The fraction of sp³-hybridized carbons (Fsp3) is 0.611. The number of likely N-dealkylation sites (tertiary alicyclic amines) is 1. The Morgan fingerprint density at radius 1 is 1.36 bits per heavy atom. The summed E-state index contributed by atoms with van der Waals surface area (Å²) in [5.74, 6) is 1.58. The highest BCUT2D eigenvalue weighted by Crippen LogP contribution is 2.25. The maximum Gasteiger partial charge on any atom is 0.237 e. The minimum atomic E-state index is -0.0834. The molecule has 122 valence electrons. The van der Waals surface area contributed by atoms with Gasteiger partial charge in [0.2, 0.25) is 5.91 Å². The monoisotopic (exact) mass is 304 g/mol. The Balaban J connectivity index is 1.98. The number of amides is 1. The Bertz CT molecular complexity index is 504. The Morgan fingerprint density at radius 3 is 2.77 bits per heavy atom. The highest BCUT2D eigenvalue weighted by Gasteiger charge is 2.26. The summed E-state index contributed by atoms with van der Waals surface area (Å²) in [6.07, 6.45) is 2.45. The lowest BCUT2D eigenvalue weighted by Crippen LogP contribution is -2.49. The van der Waals surface area contributed by atoms with Crippen LogP contribution in [0.1, 0.15) is 45.2 Å². The molecule has 1 amide bonds. The van der Waals surface area contributed by atoms with Crippen molar-refractivity contribution in [2.45, 2.75) is 45.7 Å². The van der Waals surface area contributed by atoms with Crippen LogP contribution in [0.15, 0.2) is 24.3 Å². The molecule has 0 spiro atoms. The largest absolute Gasteiger partial charge is 0.496 e. The molecular weight excluding hydrogens is 276 g/mol. The summed E-state index contributed by atoms with van der Waals surface area (Å²) in [5, 5.41) is 3.12. The Morgan fingerprint density at radius 2 is 2.09 bits per heavy atom. The first-order chi connectivity index (χ1) is 10.5. The van der Waals surface area contributed by atoms with Crippen molar-refractivity contribution in [3.8, 4) is 5.75 Å². The van der Waals surface area contributed by atoms with Crippen LogP contribution in [0.4, 0.5) is 0 Å². The van der Waals surface area contributed by atoms with Gasteiger partial charge < -0.3 is 10.1 Å². The number of ether oxygens (including phenoxy) is 1. The van der Waals surface area contributed by atoms with E-state index in [9.17, 15) is 4.79 Å². The van der Waals surface area contributed by atoms with Crippen LogP contribution in [-0.4, -0.2) is 37.0 Å². The van der Waals surface area contributed by atoms with Crippen LogP contribution in [0.3, 0.4) is 0 Å². The van der Waals surface area contributed by atoms with Crippen molar-refractivity contribution in [1.29, 1.82) is 0 Å². The predicted octanol–water partition coefficient (Wildman–Crippen LogP) is 2.99. The van der Waals surface area contributed by atoms with Crippen LogP contribution < -0.4 is 10.1 Å². The van der Waals surface area contributed by atoms with E-state index in [2.05, 4.69) is 17.1 Å². The smallest absolute Gasteiger partial charge is 0.237 e. The first-order valence-corrected chi connectivity index (χ1v) is 8.20. The second kappa shape index (κ2) is 7.63. The number of carbonyl (C=O) groups excluding carboxylic acids is 1. The lowest BCUT2D eigenvalue weighted by molar-refractivity contribution is -0.127. The van der Waals surface area contributed by atoms with Gasteiger partial charge in [0.05, 0.1) is 19.2 Å². The molecule has 3 unspecified atom stereocenters. The SMILES string of the molecule is COc1ccccc1C(C)NC(=O)C(C)N1CCCC(C)C1. The van der Waals surface area contributed by atoms with Crippen molar-refractivity contribution >= 4 is 5.91 Å². The molecule has 4 heteroatoms. The molecule has 1 fully saturated rings. The van der Waals surface area contributed by atoms with E-state index in [1.807, 2.05) is 38.1 Å². The molecule has 1 aromatic carbocycles. The number of nitrogens with zero attached hydrogens (tertiary/aromatic N) is 1. The first kappa shape index (κ1) is 16.8. The summed E-state index contributed by atoms with van der Waals surface area (Å²) < 4.78 is 5.38. The third-order valence-electron chi connectivity index (χ3n) is 4.58. The van der Waals surface area contributed by atoms with Crippen molar-refractivity contribution in [2.75, 3.05) is 20.2 Å². The van der Waals surface area contributed by atoms with Crippen LogP contribution in [-0.2, 0) is 4.79 Å². The quantitative estimate of drug-likeness (QED) is 0.909. The normalized spacial score (nSPS) is 21.9. The van der Waals surface area contributed by atoms with Crippen LogP contribution >= 0.6 is 0 Å². The molecule has 1 saturated heterocycles. The fourth-order valence-corrected chi connectivity index (χ4v) is 3.18. The van der Waals surface area contributed by atoms with E-state index >= 15 is 0 Å². The zero-order chi connectivity index (χ0) is 16.1. The number of piperidine rings is 1. The Hall–Kier alpha value is -1.55. The summed E-state index contributed by atoms with van der Waals surface area (Å²) in [7, 11) is 1.66. The van der Waals surface area contributed by atoms with Gasteiger partial charge in [0.15, 0.2) is 0 Å². The van der Waals surface area contributed by atoms with Gasteiger partial charge in [-0.15, -0.1) is 0 Å². The molecule has 1 aromatic rings. The first-order valence-electron chi connectivity index (χ1n) is 8.20. The molecular formula is C18H28N2O2. The van der Waals surface area contributed by atoms with Crippen molar-refractivity contribution < 1.29 is 9.53 Å². The van der Waals surface area contributed by atoms with E-state index in [0.717, 1.165) is 24.4 Å². The van der Waals surface area contributed by atoms with E-state index in [0.29, 0.717) is 5.92 Å². The maximum absolute atomic E-state index is 12.5. The highest BCUT2D eigenvalue weighted by atomic mass is 16.5. The molecule has 1 heterocycles. The molecule has 22 heavy (non-hydrogen) atoms. The zero-order valence-electron chi connectivity index (χ0n) is 14.1. The summed E-state index contributed by atoms with van der Waals surface area (Å²) >= 11 is 0. The standard InChI is InChI=1S/C18H28N2O2/c1-13-8-7-11-20(12-13)15(3)18(21)19-14(2)16-9-5-6-10-17(16)22-4/h5-6,9-10,13-15H,7-8,11-12H2,1-4H3,(H,19,21). The average Bonchev–Trinajstić information content (AvgIpc) is 2.53. The van der Waals surface area contributed by atoms with Gasteiger partial charge in [0, 0.05) is 12.1 Å².